The lowest BCUT2D eigenvalue weighted by Crippen LogP contribution is -2.23. The molecule has 4 rings (SSSR count). The first kappa shape index (κ1) is 20.1. The number of rotatable bonds is 5. The maximum atomic E-state index is 12.7. The van der Waals surface area contributed by atoms with Crippen molar-refractivity contribution in [1.82, 2.24) is 15.0 Å². The summed E-state index contributed by atoms with van der Waals surface area (Å²) in [6.07, 6.45) is 5.19. The van der Waals surface area contributed by atoms with Crippen LogP contribution in [0.3, 0.4) is 0 Å². The average molecular weight is 424 g/mol. The fourth-order valence-electron chi connectivity index (χ4n) is 3.24. The zero-order valence-electron chi connectivity index (χ0n) is 16.9. The number of carbonyl (C=O) groups excluding carboxylic acids is 1. The molecule has 1 aliphatic rings. The number of ether oxygens (including phenoxy) is 1. The van der Waals surface area contributed by atoms with Gasteiger partial charge >= 0.3 is 0 Å². The molecule has 30 heavy (non-hydrogen) atoms. The summed E-state index contributed by atoms with van der Waals surface area (Å²) < 4.78 is 5.86. The third-order valence-electron chi connectivity index (χ3n) is 5.10. The second-order valence-corrected chi connectivity index (χ2v) is 7.61. The Hall–Kier alpha value is -3.19. The molecular weight excluding hydrogens is 402 g/mol. The first-order valence-corrected chi connectivity index (χ1v) is 10.2. The monoisotopic (exact) mass is 423 g/mol. The van der Waals surface area contributed by atoms with Crippen LogP contribution in [0.5, 0.6) is 11.6 Å². The standard InChI is InChI=1S/C22H22ClN5O2/c1-14-6-5-7-18(15(14)2)30-19-9-8-16(12-24-19)26-21(29)20-17(23)13-25-22(27-20)28-10-3-4-11-28/h5-9,12-13H,3-4,10-11H2,1-2H3,(H,26,29). The number of hydrogen-bond acceptors (Lipinski definition) is 6. The van der Waals surface area contributed by atoms with Crippen LogP contribution in [0, 0.1) is 13.8 Å². The van der Waals surface area contributed by atoms with E-state index in [0.29, 0.717) is 17.5 Å². The summed E-state index contributed by atoms with van der Waals surface area (Å²) in [5.41, 5.74) is 2.87. The van der Waals surface area contributed by atoms with Crippen LogP contribution in [0.15, 0.2) is 42.7 Å². The lowest BCUT2D eigenvalue weighted by Gasteiger charge is -2.16. The summed E-state index contributed by atoms with van der Waals surface area (Å²) in [7, 11) is 0. The molecule has 1 fully saturated rings. The summed E-state index contributed by atoms with van der Waals surface area (Å²) in [6.45, 7) is 5.80. The molecule has 1 N–H and O–H groups in total. The van der Waals surface area contributed by atoms with E-state index in [2.05, 4.69) is 20.3 Å². The van der Waals surface area contributed by atoms with Crippen molar-refractivity contribution in [3.63, 3.8) is 0 Å². The van der Waals surface area contributed by atoms with E-state index in [0.717, 1.165) is 42.8 Å². The van der Waals surface area contributed by atoms with E-state index in [4.69, 9.17) is 16.3 Å². The van der Waals surface area contributed by atoms with Gasteiger partial charge in [-0.1, -0.05) is 23.7 Å². The normalized spacial score (nSPS) is 13.4. The number of carbonyl (C=O) groups is 1. The van der Waals surface area contributed by atoms with Crippen LogP contribution in [-0.2, 0) is 0 Å². The van der Waals surface area contributed by atoms with Gasteiger partial charge in [0, 0.05) is 19.2 Å². The minimum absolute atomic E-state index is 0.143. The SMILES string of the molecule is Cc1cccc(Oc2ccc(NC(=O)c3nc(N4CCCC4)ncc3Cl)cn2)c1C. The molecule has 0 radical (unpaired) electrons. The van der Waals surface area contributed by atoms with Crippen LogP contribution in [-0.4, -0.2) is 33.9 Å². The molecule has 0 atom stereocenters. The highest BCUT2D eigenvalue weighted by Crippen LogP contribution is 2.26. The van der Waals surface area contributed by atoms with Crippen LogP contribution in [0.2, 0.25) is 5.02 Å². The highest BCUT2D eigenvalue weighted by molar-refractivity contribution is 6.34. The minimum Gasteiger partial charge on any atom is -0.439 e. The van der Waals surface area contributed by atoms with E-state index in [1.54, 1.807) is 12.1 Å². The summed E-state index contributed by atoms with van der Waals surface area (Å²) in [5, 5.41) is 2.98. The van der Waals surface area contributed by atoms with Crippen molar-refractivity contribution in [2.45, 2.75) is 26.7 Å². The lowest BCUT2D eigenvalue weighted by molar-refractivity contribution is 0.102. The van der Waals surface area contributed by atoms with E-state index in [9.17, 15) is 4.79 Å². The van der Waals surface area contributed by atoms with Gasteiger partial charge in [-0.25, -0.2) is 15.0 Å². The molecule has 0 aliphatic carbocycles. The van der Waals surface area contributed by atoms with Crippen molar-refractivity contribution in [3.05, 3.63) is 64.6 Å². The molecule has 8 heteroatoms. The summed E-state index contributed by atoms with van der Waals surface area (Å²) in [5.74, 6) is 1.31. The molecule has 1 aliphatic heterocycles. The molecule has 0 unspecified atom stereocenters. The Labute approximate surface area is 180 Å². The van der Waals surface area contributed by atoms with Gasteiger partial charge in [0.25, 0.3) is 5.91 Å². The Morgan fingerprint density at radius 2 is 1.90 bits per heavy atom. The number of nitrogens with zero attached hydrogens (tertiary/aromatic N) is 4. The van der Waals surface area contributed by atoms with Crippen molar-refractivity contribution >= 4 is 29.1 Å². The predicted molar refractivity (Wildman–Crippen MR) is 117 cm³/mol. The molecule has 2 aromatic heterocycles. The second-order valence-electron chi connectivity index (χ2n) is 7.20. The maximum Gasteiger partial charge on any atom is 0.276 e. The van der Waals surface area contributed by atoms with Gasteiger partial charge in [-0.15, -0.1) is 0 Å². The summed E-state index contributed by atoms with van der Waals surface area (Å²) in [4.78, 5) is 27.6. The Bertz CT molecular complexity index is 1070. The van der Waals surface area contributed by atoms with Gasteiger partial charge in [-0.3, -0.25) is 4.79 Å². The number of aromatic nitrogens is 3. The Kier molecular flexibility index (Phi) is 5.81. The fourth-order valence-corrected chi connectivity index (χ4v) is 3.42. The second kappa shape index (κ2) is 8.67. The number of benzene rings is 1. The average Bonchev–Trinajstić information content (AvgIpc) is 3.28. The van der Waals surface area contributed by atoms with Crippen LogP contribution in [0.1, 0.15) is 34.5 Å². The molecule has 1 amide bonds. The van der Waals surface area contributed by atoms with Crippen LogP contribution < -0.4 is 15.0 Å². The molecule has 7 nitrogen and oxygen atoms in total. The maximum absolute atomic E-state index is 12.7. The number of halogens is 1. The van der Waals surface area contributed by atoms with E-state index in [1.165, 1.54) is 12.4 Å². The molecule has 0 saturated carbocycles. The molecule has 1 aromatic carbocycles. The zero-order chi connectivity index (χ0) is 21.1. The molecule has 1 saturated heterocycles. The number of hydrogen-bond donors (Lipinski definition) is 1. The van der Waals surface area contributed by atoms with Crippen molar-refractivity contribution in [2.24, 2.45) is 0 Å². The van der Waals surface area contributed by atoms with E-state index >= 15 is 0 Å². The molecule has 0 spiro atoms. The van der Waals surface area contributed by atoms with E-state index < -0.39 is 5.91 Å². The van der Waals surface area contributed by atoms with Crippen LogP contribution >= 0.6 is 11.6 Å². The molecule has 154 valence electrons. The van der Waals surface area contributed by atoms with E-state index in [-0.39, 0.29) is 10.7 Å². The molecule has 3 heterocycles. The van der Waals surface area contributed by atoms with Gasteiger partial charge in [0.2, 0.25) is 11.8 Å². The fraction of sp³-hybridized carbons (Fsp3) is 0.273. The highest BCUT2D eigenvalue weighted by atomic mass is 35.5. The first-order valence-electron chi connectivity index (χ1n) is 9.80. The van der Waals surface area contributed by atoms with Crippen molar-refractivity contribution in [2.75, 3.05) is 23.3 Å². The van der Waals surface area contributed by atoms with Gasteiger partial charge in [0.1, 0.15) is 5.75 Å². The summed E-state index contributed by atoms with van der Waals surface area (Å²) in [6, 6.07) is 9.29. The Morgan fingerprint density at radius 1 is 1.10 bits per heavy atom. The predicted octanol–water partition coefficient (Wildman–Crippen LogP) is 4.79. The van der Waals surface area contributed by atoms with Crippen molar-refractivity contribution in [3.8, 4) is 11.6 Å². The molecular formula is C22H22ClN5O2. The van der Waals surface area contributed by atoms with Gasteiger partial charge in [-0.05, 0) is 49.9 Å². The first-order chi connectivity index (χ1) is 14.5. The quantitative estimate of drug-likeness (QED) is 0.635. The zero-order valence-corrected chi connectivity index (χ0v) is 17.6. The number of nitrogens with one attached hydrogen (secondary N) is 1. The van der Waals surface area contributed by atoms with Gasteiger partial charge in [0.05, 0.1) is 23.1 Å². The number of pyridine rings is 1. The molecule has 3 aromatic rings. The van der Waals surface area contributed by atoms with Gasteiger partial charge in [-0.2, -0.15) is 0 Å². The Morgan fingerprint density at radius 3 is 2.63 bits per heavy atom. The highest BCUT2D eigenvalue weighted by Gasteiger charge is 2.20. The van der Waals surface area contributed by atoms with E-state index in [1.807, 2.05) is 36.9 Å². The molecule has 0 bridgehead atoms. The van der Waals surface area contributed by atoms with Crippen molar-refractivity contribution < 1.29 is 9.53 Å². The van der Waals surface area contributed by atoms with Gasteiger partial charge < -0.3 is 15.0 Å². The third kappa shape index (κ3) is 4.36. The van der Waals surface area contributed by atoms with Crippen molar-refractivity contribution in [1.29, 1.82) is 0 Å². The summed E-state index contributed by atoms with van der Waals surface area (Å²) >= 11 is 6.17. The van der Waals surface area contributed by atoms with Crippen LogP contribution in [0.25, 0.3) is 0 Å². The third-order valence-corrected chi connectivity index (χ3v) is 5.38. The number of anilines is 2. The smallest absolute Gasteiger partial charge is 0.276 e. The van der Waals surface area contributed by atoms with Gasteiger partial charge in [0.15, 0.2) is 5.69 Å². The number of aryl methyl sites for hydroxylation is 1. The Balaban J connectivity index is 1.46. The largest absolute Gasteiger partial charge is 0.439 e. The number of amides is 1. The minimum atomic E-state index is -0.409. The lowest BCUT2D eigenvalue weighted by atomic mass is 10.1. The topological polar surface area (TPSA) is 80.2 Å². The van der Waals surface area contributed by atoms with Crippen LogP contribution in [0.4, 0.5) is 11.6 Å².